The minimum Gasteiger partial charge on any atom is -0.396 e. The molecule has 14 heavy (non-hydrogen) atoms. The molecule has 1 aromatic rings. The standard InChI is InChI=1S/C12H18O2/c1-9(8-13)11-5-4-6-12(7-11)10(2)14-3/h4-7,9-10,13H,8H2,1-3H3. The summed E-state index contributed by atoms with van der Waals surface area (Å²) < 4.78 is 5.24. The average molecular weight is 194 g/mol. The number of aliphatic hydroxyl groups excluding tert-OH is 1. The summed E-state index contributed by atoms with van der Waals surface area (Å²) in [6.45, 7) is 4.21. The highest BCUT2D eigenvalue weighted by atomic mass is 16.5. The zero-order chi connectivity index (χ0) is 10.6. The van der Waals surface area contributed by atoms with Crippen LogP contribution < -0.4 is 0 Å². The predicted molar refractivity (Wildman–Crippen MR) is 57.4 cm³/mol. The number of hydrogen-bond donors (Lipinski definition) is 1. The van der Waals surface area contributed by atoms with Gasteiger partial charge in [-0.2, -0.15) is 0 Å². The lowest BCUT2D eigenvalue weighted by molar-refractivity contribution is 0.119. The van der Waals surface area contributed by atoms with Crippen LogP contribution in [-0.2, 0) is 4.74 Å². The summed E-state index contributed by atoms with van der Waals surface area (Å²) in [6.07, 6.45) is 0.112. The van der Waals surface area contributed by atoms with Crippen molar-refractivity contribution >= 4 is 0 Å². The second-order valence-electron chi connectivity index (χ2n) is 3.63. The van der Waals surface area contributed by atoms with Gasteiger partial charge in [0.05, 0.1) is 6.10 Å². The van der Waals surface area contributed by atoms with Gasteiger partial charge >= 0.3 is 0 Å². The van der Waals surface area contributed by atoms with Crippen molar-refractivity contribution < 1.29 is 9.84 Å². The van der Waals surface area contributed by atoms with E-state index < -0.39 is 0 Å². The first kappa shape index (κ1) is 11.2. The minimum atomic E-state index is 0.112. The van der Waals surface area contributed by atoms with E-state index in [1.165, 1.54) is 0 Å². The van der Waals surface area contributed by atoms with Crippen LogP contribution in [0, 0.1) is 0 Å². The van der Waals surface area contributed by atoms with Gasteiger partial charge in [0.1, 0.15) is 0 Å². The second-order valence-corrected chi connectivity index (χ2v) is 3.63. The summed E-state index contributed by atoms with van der Waals surface area (Å²) in [5.41, 5.74) is 2.32. The summed E-state index contributed by atoms with van der Waals surface area (Å²) in [5, 5.41) is 9.04. The van der Waals surface area contributed by atoms with E-state index in [0.29, 0.717) is 0 Å². The van der Waals surface area contributed by atoms with Crippen molar-refractivity contribution in [1.82, 2.24) is 0 Å². The maximum Gasteiger partial charge on any atom is 0.0793 e. The van der Waals surface area contributed by atoms with E-state index in [4.69, 9.17) is 9.84 Å². The molecule has 0 aliphatic carbocycles. The Bertz CT molecular complexity index is 258. The van der Waals surface area contributed by atoms with Crippen molar-refractivity contribution in [2.24, 2.45) is 0 Å². The summed E-state index contributed by atoms with van der Waals surface area (Å²) in [5.74, 6) is 0.194. The van der Waals surface area contributed by atoms with Crippen molar-refractivity contribution in [2.45, 2.75) is 25.9 Å². The van der Waals surface area contributed by atoms with Crippen LogP contribution in [0.2, 0.25) is 0 Å². The molecule has 0 saturated carbocycles. The third-order valence-corrected chi connectivity index (χ3v) is 2.58. The fourth-order valence-electron chi connectivity index (χ4n) is 1.36. The van der Waals surface area contributed by atoms with E-state index in [1.807, 2.05) is 32.0 Å². The minimum absolute atomic E-state index is 0.112. The summed E-state index contributed by atoms with van der Waals surface area (Å²) in [4.78, 5) is 0. The van der Waals surface area contributed by atoms with Gasteiger partial charge < -0.3 is 9.84 Å². The molecule has 0 spiro atoms. The van der Waals surface area contributed by atoms with Crippen LogP contribution in [0.25, 0.3) is 0 Å². The molecule has 2 unspecified atom stereocenters. The number of hydrogen-bond acceptors (Lipinski definition) is 2. The molecule has 0 aliphatic rings. The van der Waals surface area contributed by atoms with E-state index in [1.54, 1.807) is 7.11 Å². The van der Waals surface area contributed by atoms with E-state index in [-0.39, 0.29) is 18.6 Å². The molecule has 2 atom stereocenters. The highest BCUT2D eigenvalue weighted by Crippen LogP contribution is 2.21. The molecule has 0 radical (unpaired) electrons. The van der Waals surface area contributed by atoms with Crippen molar-refractivity contribution in [3.63, 3.8) is 0 Å². The van der Waals surface area contributed by atoms with Crippen molar-refractivity contribution in [1.29, 1.82) is 0 Å². The molecule has 0 amide bonds. The maximum atomic E-state index is 9.04. The van der Waals surface area contributed by atoms with Gasteiger partial charge in [0.15, 0.2) is 0 Å². The molecule has 1 N–H and O–H groups in total. The molecule has 78 valence electrons. The Morgan fingerprint density at radius 2 is 1.93 bits per heavy atom. The third kappa shape index (κ3) is 2.56. The average Bonchev–Trinajstić information content (AvgIpc) is 2.27. The normalized spacial score (nSPS) is 15.1. The molecule has 2 nitrogen and oxygen atoms in total. The largest absolute Gasteiger partial charge is 0.396 e. The topological polar surface area (TPSA) is 29.5 Å². The summed E-state index contributed by atoms with van der Waals surface area (Å²) in [7, 11) is 1.70. The lowest BCUT2D eigenvalue weighted by atomic mass is 9.98. The van der Waals surface area contributed by atoms with Crippen LogP contribution in [0.5, 0.6) is 0 Å². The Balaban J connectivity index is 2.89. The molecule has 1 rings (SSSR count). The van der Waals surface area contributed by atoms with Gasteiger partial charge in [-0.1, -0.05) is 31.2 Å². The van der Waals surface area contributed by atoms with Crippen LogP contribution in [0.3, 0.4) is 0 Å². The third-order valence-electron chi connectivity index (χ3n) is 2.58. The molecule has 0 bridgehead atoms. The highest BCUT2D eigenvalue weighted by Gasteiger charge is 2.07. The van der Waals surface area contributed by atoms with Gasteiger partial charge in [-0.25, -0.2) is 0 Å². The molecular weight excluding hydrogens is 176 g/mol. The van der Waals surface area contributed by atoms with E-state index in [9.17, 15) is 0 Å². The zero-order valence-corrected chi connectivity index (χ0v) is 9.03. The van der Waals surface area contributed by atoms with Gasteiger partial charge in [-0.05, 0) is 18.1 Å². The fourth-order valence-corrected chi connectivity index (χ4v) is 1.36. The maximum absolute atomic E-state index is 9.04. The summed E-state index contributed by atoms with van der Waals surface area (Å²) >= 11 is 0. The molecule has 0 heterocycles. The molecule has 2 heteroatoms. The molecule has 0 aliphatic heterocycles. The molecular formula is C12H18O2. The van der Waals surface area contributed by atoms with Crippen LogP contribution in [-0.4, -0.2) is 18.8 Å². The Labute approximate surface area is 85.5 Å². The van der Waals surface area contributed by atoms with Gasteiger partial charge in [-0.15, -0.1) is 0 Å². The Morgan fingerprint density at radius 3 is 2.50 bits per heavy atom. The highest BCUT2D eigenvalue weighted by molar-refractivity contribution is 5.27. The predicted octanol–water partition coefficient (Wildman–Crippen LogP) is 2.49. The summed E-state index contributed by atoms with van der Waals surface area (Å²) in [6, 6.07) is 8.18. The number of rotatable bonds is 4. The van der Waals surface area contributed by atoms with E-state index in [2.05, 4.69) is 6.07 Å². The number of ether oxygens (including phenoxy) is 1. The number of aliphatic hydroxyl groups is 1. The van der Waals surface area contributed by atoms with Crippen molar-refractivity contribution in [3.8, 4) is 0 Å². The molecule has 0 saturated heterocycles. The number of methoxy groups -OCH3 is 1. The van der Waals surface area contributed by atoms with Gasteiger partial charge in [0.2, 0.25) is 0 Å². The Kier molecular flexibility index (Phi) is 4.11. The lowest BCUT2D eigenvalue weighted by Gasteiger charge is -2.13. The molecule has 0 aromatic heterocycles. The fraction of sp³-hybridized carbons (Fsp3) is 0.500. The van der Waals surface area contributed by atoms with Gasteiger partial charge in [0.25, 0.3) is 0 Å². The van der Waals surface area contributed by atoms with Gasteiger partial charge in [0, 0.05) is 19.6 Å². The van der Waals surface area contributed by atoms with Crippen LogP contribution in [0.4, 0.5) is 0 Å². The first-order chi connectivity index (χ1) is 6.69. The van der Waals surface area contributed by atoms with Crippen molar-refractivity contribution in [3.05, 3.63) is 35.4 Å². The van der Waals surface area contributed by atoms with E-state index >= 15 is 0 Å². The molecule has 1 aromatic carbocycles. The zero-order valence-electron chi connectivity index (χ0n) is 9.03. The number of benzene rings is 1. The monoisotopic (exact) mass is 194 g/mol. The van der Waals surface area contributed by atoms with E-state index in [0.717, 1.165) is 11.1 Å². The van der Waals surface area contributed by atoms with Crippen LogP contribution in [0.1, 0.15) is 37.0 Å². The quantitative estimate of drug-likeness (QED) is 0.798. The smallest absolute Gasteiger partial charge is 0.0793 e. The molecule has 0 fully saturated rings. The SMILES string of the molecule is COC(C)c1cccc(C(C)CO)c1. The first-order valence-electron chi connectivity index (χ1n) is 4.92. The van der Waals surface area contributed by atoms with Crippen LogP contribution in [0.15, 0.2) is 24.3 Å². The van der Waals surface area contributed by atoms with Gasteiger partial charge in [-0.3, -0.25) is 0 Å². The van der Waals surface area contributed by atoms with Crippen LogP contribution >= 0.6 is 0 Å². The lowest BCUT2D eigenvalue weighted by Crippen LogP contribution is -2.01. The second kappa shape index (κ2) is 5.13. The van der Waals surface area contributed by atoms with Crippen molar-refractivity contribution in [2.75, 3.05) is 13.7 Å². The first-order valence-corrected chi connectivity index (χ1v) is 4.92. The Hall–Kier alpha value is -0.860. The Morgan fingerprint density at radius 1 is 1.29 bits per heavy atom.